The molecule has 0 saturated heterocycles. The number of nitrogens with zero attached hydrogens (tertiary/aromatic N) is 3. The van der Waals surface area contributed by atoms with Gasteiger partial charge in [0.15, 0.2) is 0 Å². The lowest BCUT2D eigenvalue weighted by Gasteiger charge is -2.18. The molecule has 4 aromatic rings. The van der Waals surface area contributed by atoms with Crippen LogP contribution in [0.2, 0.25) is 0 Å². The average Bonchev–Trinajstić information content (AvgIpc) is 2.97. The van der Waals surface area contributed by atoms with Crippen molar-refractivity contribution in [3.8, 4) is 18.2 Å². The lowest BCUT2D eigenvalue weighted by atomic mass is 9.87. The molecule has 0 aliphatic heterocycles. The first kappa shape index (κ1) is 26.6. The van der Waals surface area contributed by atoms with Gasteiger partial charge in [0.05, 0.1) is 34.9 Å². The average molecular weight is 502 g/mol. The van der Waals surface area contributed by atoms with Crippen LogP contribution in [0.5, 0.6) is 0 Å². The van der Waals surface area contributed by atoms with E-state index in [0.29, 0.717) is 16.7 Å². The van der Waals surface area contributed by atoms with E-state index >= 15 is 0 Å². The standard InChI is InChI=1S/C36H27N3/c1-25-34(19-16-28-4-10-31(22-37)11-5-28)26(2)36(21-18-30-8-14-33(24-39)15-9-30)27(3)35(25)20-17-29-6-12-32(23-38)13-7-29/h4-21H,1-3H3/b19-16+,20-17+,21-18+. The molecule has 39 heavy (non-hydrogen) atoms. The van der Waals surface area contributed by atoms with Crippen molar-refractivity contribution in [2.75, 3.05) is 0 Å². The smallest absolute Gasteiger partial charge is 0.0991 e. The van der Waals surface area contributed by atoms with E-state index in [0.717, 1.165) is 33.4 Å². The van der Waals surface area contributed by atoms with Crippen LogP contribution in [-0.2, 0) is 0 Å². The predicted molar refractivity (Wildman–Crippen MR) is 161 cm³/mol. The molecule has 0 aromatic heterocycles. The Morgan fingerprint density at radius 3 is 0.821 bits per heavy atom. The molecule has 4 rings (SSSR count). The summed E-state index contributed by atoms with van der Waals surface area (Å²) in [5, 5.41) is 27.3. The molecule has 0 unspecified atom stereocenters. The first-order chi connectivity index (χ1) is 18.9. The number of rotatable bonds is 6. The van der Waals surface area contributed by atoms with Crippen molar-refractivity contribution in [3.05, 3.63) is 140 Å². The third-order valence-corrected chi connectivity index (χ3v) is 6.87. The zero-order valence-electron chi connectivity index (χ0n) is 22.2. The van der Waals surface area contributed by atoms with Crippen molar-refractivity contribution in [1.29, 1.82) is 15.8 Å². The molecule has 0 aliphatic carbocycles. The van der Waals surface area contributed by atoms with Gasteiger partial charge in [0, 0.05) is 0 Å². The van der Waals surface area contributed by atoms with E-state index in [-0.39, 0.29) is 0 Å². The maximum absolute atomic E-state index is 9.10. The second-order valence-electron chi connectivity index (χ2n) is 9.32. The van der Waals surface area contributed by atoms with E-state index in [1.54, 1.807) is 0 Å². The highest BCUT2D eigenvalue weighted by molar-refractivity contribution is 5.85. The highest BCUT2D eigenvalue weighted by Gasteiger charge is 2.13. The van der Waals surface area contributed by atoms with Crippen LogP contribution in [0.25, 0.3) is 36.5 Å². The summed E-state index contributed by atoms with van der Waals surface area (Å²) in [5.41, 5.74) is 12.0. The van der Waals surface area contributed by atoms with Gasteiger partial charge in [0.25, 0.3) is 0 Å². The van der Waals surface area contributed by atoms with Gasteiger partial charge < -0.3 is 0 Å². The lowest BCUT2D eigenvalue weighted by molar-refractivity contribution is 1.27. The van der Waals surface area contributed by atoms with Gasteiger partial charge in [-0.3, -0.25) is 0 Å². The molecule has 0 aliphatic rings. The normalized spacial score (nSPS) is 11.1. The van der Waals surface area contributed by atoms with Crippen LogP contribution in [-0.4, -0.2) is 0 Å². The van der Waals surface area contributed by atoms with Crippen molar-refractivity contribution in [2.24, 2.45) is 0 Å². The third-order valence-electron chi connectivity index (χ3n) is 6.87. The van der Waals surface area contributed by atoms with E-state index in [1.807, 2.05) is 72.8 Å². The zero-order valence-corrected chi connectivity index (χ0v) is 22.2. The largest absolute Gasteiger partial charge is 0.192 e. The topological polar surface area (TPSA) is 71.4 Å². The minimum atomic E-state index is 0.639. The molecule has 0 amide bonds. The van der Waals surface area contributed by atoms with Crippen molar-refractivity contribution >= 4 is 36.5 Å². The molecule has 0 spiro atoms. The van der Waals surface area contributed by atoms with Crippen LogP contribution >= 0.6 is 0 Å². The number of hydrogen-bond donors (Lipinski definition) is 0. The fourth-order valence-electron chi connectivity index (χ4n) is 4.57. The van der Waals surface area contributed by atoms with E-state index in [4.69, 9.17) is 15.8 Å². The minimum absolute atomic E-state index is 0.639. The quantitative estimate of drug-likeness (QED) is 0.248. The van der Waals surface area contributed by atoms with E-state index in [1.165, 1.54) is 16.7 Å². The fourth-order valence-corrected chi connectivity index (χ4v) is 4.57. The summed E-state index contributed by atoms with van der Waals surface area (Å²) < 4.78 is 0. The number of nitriles is 3. The van der Waals surface area contributed by atoms with Crippen molar-refractivity contribution in [1.82, 2.24) is 0 Å². The number of benzene rings is 4. The van der Waals surface area contributed by atoms with Gasteiger partial charge >= 0.3 is 0 Å². The van der Waals surface area contributed by atoms with Gasteiger partial charge in [-0.1, -0.05) is 72.9 Å². The molecule has 3 heteroatoms. The van der Waals surface area contributed by atoms with Gasteiger partial charge in [-0.15, -0.1) is 0 Å². The maximum Gasteiger partial charge on any atom is 0.0991 e. The van der Waals surface area contributed by atoms with Crippen LogP contribution in [0.15, 0.2) is 72.8 Å². The molecule has 0 fully saturated rings. The lowest BCUT2D eigenvalue weighted by Crippen LogP contribution is -2.00. The summed E-state index contributed by atoms with van der Waals surface area (Å²) >= 11 is 0. The number of hydrogen-bond acceptors (Lipinski definition) is 3. The highest BCUT2D eigenvalue weighted by atomic mass is 14.2. The van der Waals surface area contributed by atoms with Gasteiger partial charge in [-0.05, 0) is 107 Å². The van der Waals surface area contributed by atoms with Crippen LogP contribution in [0, 0.1) is 54.8 Å². The van der Waals surface area contributed by atoms with Gasteiger partial charge in [-0.2, -0.15) is 15.8 Å². The summed E-state index contributed by atoms with van der Waals surface area (Å²) in [5.74, 6) is 0. The third kappa shape index (κ3) is 6.29. The SMILES string of the molecule is Cc1c(/C=C/c2ccc(C#N)cc2)c(C)c(/C=C/c2ccc(C#N)cc2)c(C)c1/C=C/c1ccc(C#N)cc1. The van der Waals surface area contributed by atoms with Gasteiger partial charge in [0.2, 0.25) is 0 Å². The molecular formula is C36H27N3. The van der Waals surface area contributed by atoms with Crippen LogP contribution in [0.1, 0.15) is 66.8 Å². The summed E-state index contributed by atoms with van der Waals surface area (Å²) in [4.78, 5) is 0. The predicted octanol–water partition coefficient (Wildman–Crippen LogP) is 8.74. The maximum atomic E-state index is 9.10. The van der Waals surface area contributed by atoms with Gasteiger partial charge in [0.1, 0.15) is 0 Å². The van der Waals surface area contributed by atoms with Crippen LogP contribution in [0.3, 0.4) is 0 Å². The van der Waals surface area contributed by atoms with E-state index < -0.39 is 0 Å². The molecule has 186 valence electrons. The van der Waals surface area contributed by atoms with Gasteiger partial charge in [-0.25, -0.2) is 0 Å². The molecule has 3 nitrogen and oxygen atoms in total. The molecular weight excluding hydrogens is 474 g/mol. The van der Waals surface area contributed by atoms with Crippen LogP contribution in [0.4, 0.5) is 0 Å². The Hall–Kier alpha value is -5.43. The molecule has 4 aromatic carbocycles. The molecule has 0 saturated carbocycles. The summed E-state index contributed by atoms with van der Waals surface area (Å²) in [6.07, 6.45) is 12.7. The Labute approximate surface area is 230 Å². The second-order valence-corrected chi connectivity index (χ2v) is 9.32. The van der Waals surface area contributed by atoms with E-state index in [9.17, 15) is 0 Å². The first-order valence-electron chi connectivity index (χ1n) is 12.6. The van der Waals surface area contributed by atoms with E-state index in [2.05, 4.69) is 75.4 Å². The Balaban J connectivity index is 1.80. The molecule has 0 heterocycles. The van der Waals surface area contributed by atoms with Crippen LogP contribution < -0.4 is 0 Å². The molecule has 0 atom stereocenters. The Kier molecular flexibility index (Phi) is 8.33. The highest BCUT2D eigenvalue weighted by Crippen LogP contribution is 2.32. The summed E-state index contributed by atoms with van der Waals surface area (Å²) in [6, 6.07) is 29.1. The molecule has 0 radical (unpaired) electrons. The second kappa shape index (κ2) is 12.2. The molecule has 0 bridgehead atoms. The van der Waals surface area contributed by atoms with Crippen molar-refractivity contribution in [2.45, 2.75) is 20.8 Å². The summed E-state index contributed by atoms with van der Waals surface area (Å²) in [6.45, 7) is 6.43. The Morgan fingerprint density at radius 1 is 0.385 bits per heavy atom. The summed E-state index contributed by atoms with van der Waals surface area (Å²) in [7, 11) is 0. The van der Waals surface area contributed by atoms with Crippen molar-refractivity contribution < 1.29 is 0 Å². The molecule has 0 N–H and O–H groups in total. The zero-order chi connectivity index (χ0) is 27.8. The minimum Gasteiger partial charge on any atom is -0.192 e. The first-order valence-corrected chi connectivity index (χ1v) is 12.6. The monoisotopic (exact) mass is 501 g/mol. The fraction of sp³-hybridized carbons (Fsp3) is 0.0833. The Morgan fingerprint density at radius 2 is 0.615 bits per heavy atom. The van der Waals surface area contributed by atoms with Crippen molar-refractivity contribution in [3.63, 3.8) is 0 Å². The Bertz CT molecular complexity index is 1480.